The van der Waals surface area contributed by atoms with E-state index in [0.717, 1.165) is 30.4 Å². The third-order valence-electron chi connectivity index (χ3n) is 6.81. The molecule has 2 aliphatic carbocycles. The average Bonchev–Trinajstić information content (AvgIpc) is 2.69. The number of hydrogen-bond acceptors (Lipinski definition) is 1. The SMILES string of the molecule is C=CC1CCC(C2CCC(CCc3cc(F)c(OC(F)F)c(F)c3)CC2)CC1. The Morgan fingerprint density at radius 3 is 1.96 bits per heavy atom. The lowest BCUT2D eigenvalue weighted by Crippen LogP contribution is -2.25. The van der Waals surface area contributed by atoms with Gasteiger partial charge in [0, 0.05) is 0 Å². The first kappa shape index (κ1) is 21.2. The van der Waals surface area contributed by atoms with Crippen LogP contribution in [-0.4, -0.2) is 6.61 Å². The van der Waals surface area contributed by atoms with Crippen molar-refractivity contribution in [1.82, 2.24) is 0 Å². The molecule has 5 heteroatoms. The normalized spacial score (nSPS) is 28.3. The fourth-order valence-corrected chi connectivity index (χ4v) is 5.13. The number of alkyl halides is 2. The first-order valence-corrected chi connectivity index (χ1v) is 10.5. The fourth-order valence-electron chi connectivity index (χ4n) is 5.13. The molecular formula is C23H30F4O. The van der Waals surface area contributed by atoms with E-state index in [1.54, 1.807) is 0 Å². The van der Waals surface area contributed by atoms with E-state index in [1.165, 1.54) is 51.4 Å². The predicted octanol–water partition coefficient (Wildman–Crippen LogP) is 7.30. The Hall–Kier alpha value is -1.52. The summed E-state index contributed by atoms with van der Waals surface area (Å²) in [5, 5.41) is 0. The number of benzene rings is 1. The summed E-state index contributed by atoms with van der Waals surface area (Å²) in [6.45, 7) is 0.679. The van der Waals surface area contributed by atoms with Crippen LogP contribution in [0.2, 0.25) is 0 Å². The summed E-state index contributed by atoms with van der Waals surface area (Å²) in [5.74, 6) is -0.172. The third-order valence-corrected chi connectivity index (χ3v) is 6.81. The van der Waals surface area contributed by atoms with E-state index in [4.69, 9.17) is 0 Å². The van der Waals surface area contributed by atoms with Crippen molar-refractivity contribution in [3.63, 3.8) is 0 Å². The lowest BCUT2D eigenvalue weighted by molar-refractivity contribution is -0.0546. The van der Waals surface area contributed by atoms with Crippen LogP contribution in [0.5, 0.6) is 5.75 Å². The molecule has 3 rings (SSSR count). The van der Waals surface area contributed by atoms with Crippen molar-refractivity contribution in [1.29, 1.82) is 0 Å². The van der Waals surface area contributed by atoms with Crippen molar-refractivity contribution in [3.8, 4) is 5.75 Å². The van der Waals surface area contributed by atoms with Gasteiger partial charge < -0.3 is 4.74 Å². The van der Waals surface area contributed by atoms with Gasteiger partial charge in [0.2, 0.25) is 0 Å². The third kappa shape index (κ3) is 5.51. The Kier molecular flexibility index (Phi) is 7.42. The molecule has 0 aliphatic heterocycles. The molecule has 1 aromatic carbocycles. The van der Waals surface area contributed by atoms with Crippen LogP contribution >= 0.6 is 0 Å². The van der Waals surface area contributed by atoms with Crippen LogP contribution in [0.4, 0.5) is 17.6 Å². The molecule has 0 N–H and O–H groups in total. The second kappa shape index (κ2) is 9.80. The van der Waals surface area contributed by atoms with E-state index in [0.29, 0.717) is 23.8 Å². The quantitative estimate of drug-likeness (QED) is 0.346. The molecule has 2 aliphatic rings. The molecule has 0 saturated heterocycles. The van der Waals surface area contributed by atoms with Gasteiger partial charge in [-0.3, -0.25) is 0 Å². The van der Waals surface area contributed by atoms with E-state index in [-0.39, 0.29) is 0 Å². The summed E-state index contributed by atoms with van der Waals surface area (Å²) < 4.78 is 56.0. The Labute approximate surface area is 165 Å². The van der Waals surface area contributed by atoms with Gasteiger partial charge in [-0.25, -0.2) is 8.78 Å². The maximum absolute atomic E-state index is 13.8. The molecule has 156 valence electrons. The summed E-state index contributed by atoms with van der Waals surface area (Å²) in [4.78, 5) is 0. The number of ether oxygens (including phenoxy) is 1. The number of halogens is 4. The van der Waals surface area contributed by atoms with Gasteiger partial charge in [0.25, 0.3) is 0 Å². The Morgan fingerprint density at radius 1 is 0.929 bits per heavy atom. The molecule has 28 heavy (non-hydrogen) atoms. The second-order valence-electron chi connectivity index (χ2n) is 8.50. The highest BCUT2D eigenvalue weighted by Crippen LogP contribution is 2.42. The van der Waals surface area contributed by atoms with Gasteiger partial charge in [-0.05, 0) is 92.7 Å². The summed E-state index contributed by atoms with van der Waals surface area (Å²) in [6.07, 6.45) is 13.6. The van der Waals surface area contributed by atoms with Crippen LogP contribution < -0.4 is 4.74 Å². The van der Waals surface area contributed by atoms with Crippen molar-refractivity contribution < 1.29 is 22.3 Å². The highest BCUT2D eigenvalue weighted by atomic mass is 19.3. The van der Waals surface area contributed by atoms with Crippen molar-refractivity contribution >= 4 is 0 Å². The van der Waals surface area contributed by atoms with Crippen LogP contribution in [-0.2, 0) is 6.42 Å². The first-order chi connectivity index (χ1) is 13.5. The minimum atomic E-state index is -3.24. The van der Waals surface area contributed by atoms with E-state index in [1.807, 2.05) is 0 Å². The van der Waals surface area contributed by atoms with Crippen LogP contribution in [0, 0.1) is 35.3 Å². The molecule has 0 atom stereocenters. The van der Waals surface area contributed by atoms with Gasteiger partial charge in [-0.2, -0.15) is 8.78 Å². The van der Waals surface area contributed by atoms with Crippen molar-refractivity contribution in [3.05, 3.63) is 42.0 Å². The monoisotopic (exact) mass is 398 g/mol. The number of rotatable bonds is 7. The van der Waals surface area contributed by atoms with Crippen molar-refractivity contribution in [2.24, 2.45) is 23.7 Å². The molecule has 1 nitrogen and oxygen atoms in total. The van der Waals surface area contributed by atoms with Crippen molar-refractivity contribution in [2.45, 2.75) is 70.8 Å². The van der Waals surface area contributed by atoms with E-state index in [9.17, 15) is 17.6 Å². The van der Waals surface area contributed by atoms with Gasteiger partial charge in [-0.1, -0.05) is 18.9 Å². The lowest BCUT2D eigenvalue weighted by atomic mass is 9.68. The fraction of sp³-hybridized carbons (Fsp3) is 0.652. The number of allylic oxidation sites excluding steroid dienone is 1. The zero-order chi connectivity index (χ0) is 20.1. The van der Waals surface area contributed by atoms with Crippen LogP contribution in [0.15, 0.2) is 24.8 Å². The molecule has 0 aromatic heterocycles. The predicted molar refractivity (Wildman–Crippen MR) is 102 cm³/mol. The molecule has 0 unspecified atom stereocenters. The molecule has 2 fully saturated rings. The highest BCUT2D eigenvalue weighted by molar-refractivity contribution is 5.31. The molecule has 0 radical (unpaired) electrons. The largest absolute Gasteiger partial charge is 0.429 e. The molecule has 2 saturated carbocycles. The van der Waals surface area contributed by atoms with E-state index >= 15 is 0 Å². The summed E-state index contributed by atoms with van der Waals surface area (Å²) in [7, 11) is 0. The topological polar surface area (TPSA) is 9.23 Å². The molecule has 0 bridgehead atoms. The average molecular weight is 398 g/mol. The molecule has 0 amide bonds. The summed E-state index contributed by atoms with van der Waals surface area (Å²) in [5.41, 5.74) is 0.501. The lowest BCUT2D eigenvalue weighted by Gasteiger charge is -2.37. The minimum Gasteiger partial charge on any atom is -0.429 e. The maximum atomic E-state index is 13.8. The minimum absolute atomic E-state index is 0.501. The number of hydrogen-bond donors (Lipinski definition) is 0. The zero-order valence-corrected chi connectivity index (χ0v) is 16.3. The molecule has 1 aromatic rings. The second-order valence-corrected chi connectivity index (χ2v) is 8.50. The molecule has 0 heterocycles. The summed E-state index contributed by atoms with van der Waals surface area (Å²) >= 11 is 0. The standard InChI is InChI=1S/C23H30F4O/c1-2-15-5-9-18(10-6-15)19-11-7-16(8-12-19)3-4-17-13-20(24)22(21(25)14-17)28-23(26)27/h2,13-16,18-19,23H,1,3-12H2. The van der Waals surface area contributed by atoms with Gasteiger partial charge in [0.05, 0.1) is 0 Å². The van der Waals surface area contributed by atoms with Crippen LogP contribution in [0.25, 0.3) is 0 Å². The van der Waals surface area contributed by atoms with Gasteiger partial charge >= 0.3 is 6.61 Å². The van der Waals surface area contributed by atoms with Crippen LogP contribution in [0.3, 0.4) is 0 Å². The number of aryl methyl sites for hydroxylation is 1. The van der Waals surface area contributed by atoms with Crippen molar-refractivity contribution in [2.75, 3.05) is 0 Å². The van der Waals surface area contributed by atoms with Gasteiger partial charge in [-0.15, -0.1) is 6.58 Å². The highest BCUT2D eigenvalue weighted by Gasteiger charge is 2.30. The van der Waals surface area contributed by atoms with Crippen LogP contribution in [0.1, 0.15) is 63.4 Å². The molecule has 0 spiro atoms. The van der Waals surface area contributed by atoms with E-state index < -0.39 is 24.0 Å². The maximum Gasteiger partial charge on any atom is 0.387 e. The molecular weight excluding hydrogens is 368 g/mol. The van der Waals surface area contributed by atoms with Gasteiger partial charge in [0.1, 0.15) is 0 Å². The van der Waals surface area contributed by atoms with Gasteiger partial charge in [0.15, 0.2) is 17.4 Å². The zero-order valence-electron chi connectivity index (χ0n) is 16.3. The Bertz CT molecular complexity index is 621. The first-order valence-electron chi connectivity index (χ1n) is 10.5. The summed E-state index contributed by atoms with van der Waals surface area (Å²) in [6, 6.07) is 2.23. The van der Waals surface area contributed by atoms with E-state index in [2.05, 4.69) is 17.4 Å². The Balaban J connectivity index is 1.45. The Morgan fingerprint density at radius 2 is 1.46 bits per heavy atom. The smallest absolute Gasteiger partial charge is 0.387 e.